The fourth-order valence-electron chi connectivity index (χ4n) is 1.42. The van der Waals surface area contributed by atoms with Crippen molar-refractivity contribution in [3.63, 3.8) is 0 Å². The van der Waals surface area contributed by atoms with E-state index in [-0.39, 0.29) is 0 Å². The van der Waals surface area contributed by atoms with Gasteiger partial charge in [-0.2, -0.15) is 0 Å². The quantitative estimate of drug-likeness (QED) is 0.540. The summed E-state index contributed by atoms with van der Waals surface area (Å²) in [4.78, 5) is 2.27. The first-order valence-electron chi connectivity index (χ1n) is 3.93. The standard InChI is InChI=1S/C8H17NO/c1-7-6-9(3)5-4-8(7,2)10/h7,10H,4-6H2,1-3H3/t7-,8+/m1/s1. The van der Waals surface area contributed by atoms with Crippen LogP contribution in [-0.4, -0.2) is 35.7 Å². The maximum absolute atomic E-state index is 9.73. The second kappa shape index (κ2) is 2.51. The number of nitrogens with zero attached hydrogens (tertiary/aromatic N) is 1. The summed E-state index contributed by atoms with van der Waals surface area (Å²) in [5.41, 5.74) is -0.424. The zero-order valence-electron chi connectivity index (χ0n) is 7.09. The van der Waals surface area contributed by atoms with Crippen LogP contribution >= 0.6 is 0 Å². The van der Waals surface area contributed by atoms with E-state index in [4.69, 9.17) is 0 Å². The van der Waals surface area contributed by atoms with Crippen molar-refractivity contribution in [3.05, 3.63) is 0 Å². The molecule has 0 saturated carbocycles. The first kappa shape index (κ1) is 8.02. The molecule has 1 aliphatic rings. The average Bonchev–Trinajstić information content (AvgIpc) is 1.81. The molecule has 2 atom stereocenters. The summed E-state index contributed by atoms with van der Waals surface area (Å²) in [6.45, 7) is 6.09. The lowest BCUT2D eigenvalue weighted by Gasteiger charge is -2.39. The smallest absolute Gasteiger partial charge is 0.0669 e. The Labute approximate surface area is 62.8 Å². The maximum atomic E-state index is 9.73. The highest BCUT2D eigenvalue weighted by Crippen LogP contribution is 2.25. The molecule has 1 aliphatic heterocycles. The van der Waals surface area contributed by atoms with Gasteiger partial charge in [-0.05, 0) is 26.3 Å². The fourth-order valence-corrected chi connectivity index (χ4v) is 1.42. The molecule has 0 aromatic heterocycles. The number of hydrogen-bond donors (Lipinski definition) is 1. The van der Waals surface area contributed by atoms with Crippen LogP contribution in [0.3, 0.4) is 0 Å². The Bertz CT molecular complexity index is 122. The van der Waals surface area contributed by atoms with Gasteiger partial charge in [-0.1, -0.05) is 6.92 Å². The molecule has 0 unspecified atom stereocenters. The highest BCUT2D eigenvalue weighted by molar-refractivity contribution is 4.85. The van der Waals surface area contributed by atoms with Gasteiger partial charge in [0.1, 0.15) is 0 Å². The number of aliphatic hydroxyl groups is 1. The molecule has 0 aliphatic carbocycles. The second-order valence-corrected chi connectivity index (χ2v) is 3.77. The van der Waals surface area contributed by atoms with Gasteiger partial charge in [0.2, 0.25) is 0 Å². The van der Waals surface area contributed by atoms with Gasteiger partial charge < -0.3 is 10.0 Å². The van der Waals surface area contributed by atoms with E-state index >= 15 is 0 Å². The van der Waals surface area contributed by atoms with E-state index in [1.165, 1.54) is 0 Å². The van der Waals surface area contributed by atoms with Gasteiger partial charge >= 0.3 is 0 Å². The third kappa shape index (κ3) is 1.50. The van der Waals surface area contributed by atoms with Crippen molar-refractivity contribution in [1.82, 2.24) is 4.90 Å². The first-order valence-corrected chi connectivity index (χ1v) is 3.93. The van der Waals surface area contributed by atoms with Crippen molar-refractivity contribution in [1.29, 1.82) is 0 Å². The summed E-state index contributed by atoms with van der Waals surface area (Å²) >= 11 is 0. The average molecular weight is 143 g/mol. The van der Waals surface area contributed by atoms with Gasteiger partial charge in [0, 0.05) is 13.1 Å². The van der Waals surface area contributed by atoms with Crippen LogP contribution in [0.25, 0.3) is 0 Å². The van der Waals surface area contributed by atoms with Crippen molar-refractivity contribution in [3.8, 4) is 0 Å². The van der Waals surface area contributed by atoms with Gasteiger partial charge in [0.15, 0.2) is 0 Å². The summed E-state index contributed by atoms with van der Waals surface area (Å²) in [6, 6.07) is 0. The summed E-state index contributed by atoms with van der Waals surface area (Å²) < 4.78 is 0. The Kier molecular flexibility index (Phi) is 2.02. The lowest BCUT2D eigenvalue weighted by molar-refractivity contribution is -0.0447. The Balaban J connectivity index is 2.52. The topological polar surface area (TPSA) is 23.5 Å². The molecule has 0 aromatic carbocycles. The van der Waals surface area contributed by atoms with Crippen LogP contribution in [0.4, 0.5) is 0 Å². The first-order chi connectivity index (χ1) is 4.52. The van der Waals surface area contributed by atoms with Crippen molar-refractivity contribution in [2.24, 2.45) is 5.92 Å². The van der Waals surface area contributed by atoms with Crippen LogP contribution in [0.2, 0.25) is 0 Å². The molecule has 2 nitrogen and oxygen atoms in total. The summed E-state index contributed by atoms with van der Waals surface area (Å²) in [5.74, 6) is 0.409. The van der Waals surface area contributed by atoms with Gasteiger partial charge in [-0.15, -0.1) is 0 Å². The van der Waals surface area contributed by atoms with Crippen molar-refractivity contribution in [2.45, 2.75) is 25.9 Å². The Morgan fingerprint density at radius 3 is 2.60 bits per heavy atom. The molecule has 0 bridgehead atoms. The van der Waals surface area contributed by atoms with Gasteiger partial charge in [-0.3, -0.25) is 0 Å². The molecule has 1 N–H and O–H groups in total. The highest BCUT2D eigenvalue weighted by Gasteiger charge is 2.32. The molecule has 0 aromatic rings. The van der Waals surface area contributed by atoms with Gasteiger partial charge in [-0.25, -0.2) is 0 Å². The largest absolute Gasteiger partial charge is 0.390 e. The van der Waals surface area contributed by atoms with E-state index in [1.54, 1.807) is 0 Å². The Morgan fingerprint density at radius 2 is 2.20 bits per heavy atom. The van der Waals surface area contributed by atoms with E-state index in [9.17, 15) is 5.11 Å². The Hall–Kier alpha value is -0.0800. The molecule has 10 heavy (non-hydrogen) atoms. The summed E-state index contributed by atoms with van der Waals surface area (Å²) in [6.07, 6.45) is 0.907. The van der Waals surface area contributed by atoms with Gasteiger partial charge in [0.05, 0.1) is 5.60 Å². The minimum absolute atomic E-state index is 0.409. The SMILES string of the molecule is C[C@@H]1CN(C)CC[C@]1(C)O. The molecule has 2 heteroatoms. The normalized spacial score (nSPS) is 43.8. The molecule has 60 valence electrons. The molecule has 0 amide bonds. The predicted octanol–water partition coefficient (Wildman–Crippen LogP) is 0.709. The molecule has 0 radical (unpaired) electrons. The summed E-state index contributed by atoms with van der Waals surface area (Å²) in [7, 11) is 2.10. The monoisotopic (exact) mass is 143 g/mol. The number of likely N-dealkylation sites (tertiary alicyclic amines) is 1. The number of hydrogen-bond acceptors (Lipinski definition) is 2. The van der Waals surface area contributed by atoms with E-state index < -0.39 is 5.60 Å². The van der Waals surface area contributed by atoms with Crippen molar-refractivity contribution >= 4 is 0 Å². The van der Waals surface area contributed by atoms with Crippen LogP contribution in [0.15, 0.2) is 0 Å². The molecular weight excluding hydrogens is 126 g/mol. The van der Waals surface area contributed by atoms with E-state index in [0.717, 1.165) is 19.5 Å². The number of piperidine rings is 1. The van der Waals surface area contributed by atoms with Crippen LogP contribution in [0.5, 0.6) is 0 Å². The van der Waals surface area contributed by atoms with Crippen molar-refractivity contribution in [2.75, 3.05) is 20.1 Å². The van der Waals surface area contributed by atoms with E-state index in [1.807, 2.05) is 6.92 Å². The molecule has 1 rings (SSSR count). The molecule has 1 fully saturated rings. The third-order valence-electron chi connectivity index (χ3n) is 2.65. The highest BCUT2D eigenvalue weighted by atomic mass is 16.3. The fraction of sp³-hybridized carbons (Fsp3) is 1.00. The molecule has 1 saturated heterocycles. The van der Waals surface area contributed by atoms with Crippen LogP contribution < -0.4 is 0 Å². The summed E-state index contributed by atoms with van der Waals surface area (Å²) in [5, 5.41) is 9.73. The number of rotatable bonds is 0. The van der Waals surface area contributed by atoms with Crippen LogP contribution in [0.1, 0.15) is 20.3 Å². The molecule has 0 spiro atoms. The molecule has 1 heterocycles. The second-order valence-electron chi connectivity index (χ2n) is 3.77. The minimum Gasteiger partial charge on any atom is -0.390 e. The van der Waals surface area contributed by atoms with E-state index in [2.05, 4.69) is 18.9 Å². The lowest BCUT2D eigenvalue weighted by Crippen LogP contribution is -2.47. The van der Waals surface area contributed by atoms with Crippen LogP contribution in [0, 0.1) is 5.92 Å². The maximum Gasteiger partial charge on any atom is 0.0669 e. The van der Waals surface area contributed by atoms with Gasteiger partial charge in [0.25, 0.3) is 0 Å². The molecular formula is C8H17NO. The van der Waals surface area contributed by atoms with E-state index in [0.29, 0.717) is 5.92 Å². The minimum atomic E-state index is -0.424. The third-order valence-corrected chi connectivity index (χ3v) is 2.65. The lowest BCUT2D eigenvalue weighted by atomic mass is 9.84. The van der Waals surface area contributed by atoms with Crippen LogP contribution in [-0.2, 0) is 0 Å². The Morgan fingerprint density at radius 1 is 1.60 bits per heavy atom. The van der Waals surface area contributed by atoms with Crippen molar-refractivity contribution < 1.29 is 5.11 Å². The zero-order valence-corrected chi connectivity index (χ0v) is 7.09. The zero-order chi connectivity index (χ0) is 7.78. The predicted molar refractivity (Wildman–Crippen MR) is 41.9 cm³/mol.